The van der Waals surface area contributed by atoms with Crippen molar-refractivity contribution in [3.8, 4) is 0 Å². The lowest BCUT2D eigenvalue weighted by Crippen LogP contribution is -2.31. The quantitative estimate of drug-likeness (QED) is 0.807. The summed E-state index contributed by atoms with van der Waals surface area (Å²) in [5, 5.41) is 3.31. The van der Waals surface area contributed by atoms with Gasteiger partial charge in [0.15, 0.2) is 9.84 Å². The number of sulfone groups is 1. The zero-order chi connectivity index (χ0) is 14.0. The Labute approximate surface area is 110 Å². The van der Waals surface area contributed by atoms with Crippen LogP contribution < -0.4 is 11.1 Å². The summed E-state index contributed by atoms with van der Waals surface area (Å²) >= 11 is 0. The molecule has 1 aromatic rings. The number of rotatable bonds is 5. The molecule has 18 heavy (non-hydrogen) atoms. The third-order valence-corrected chi connectivity index (χ3v) is 3.97. The van der Waals surface area contributed by atoms with Gasteiger partial charge in [0.05, 0.1) is 16.3 Å². The number of hydrogen-bond acceptors (Lipinski definition) is 4. The third kappa shape index (κ3) is 3.63. The third-order valence-electron chi connectivity index (χ3n) is 2.81. The monoisotopic (exact) mass is 270 g/mol. The highest BCUT2D eigenvalue weighted by Crippen LogP contribution is 2.29. The van der Waals surface area contributed by atoms with E-state index in [0.717, 1.165) is 12.8 Å². The summed E-state index contributed by atoms with van der Waals surface area (Å²) < 4.78 is 23.2. The molecule has 0 amide bonds. The zero-order valence-electron chi connectivity index (χ0n) is 11.4. The molecule has 0 heterocycles. The van der Waals surface area contributed by atoms with Crippen molar-refractivity contribution in [1.29, 1.82) is 0 Å². The molecule has 0 aliphatic carbocycles. The molecule has 102 valence electrons. The van der Waals surface area contributed by atoms with Crippen molar-refractivity contribution >= 4 is 21.2 Å². The summed E-state index contributed by atoms with van der Waals surface area (Å²) in [6.07, 6.45) is 3.20. The summed E-state index contributed by atoms with van der Waals surface area (Å²) in [6, 6.07) is 5.04. The van der Waals surface area contributed by atoms with Crippen LogP contribution in [0.15, 0.2) is 23.1 Å². The van der Waals surface area contributed by atoms with Crippen molar-refractivity contribution in [2.24, 2.45) is 0 Å². The number of nitrogens with two attached hydrogens (primary N) is 1. The van der Waals surface area contributed by atoms with E-state index in [1.165, 1.54) is 12.3 Å². The maximum Gasteiger partial charge on any atom is 0.177 e. The van der Waals surface area contributed by atoms with E-state index in [1.54, 1.807) is 12.1 Å². The molecule has 0 aromatic heterocycles. The molecular formula is C13H22N2O2S. The summed E-state index contributed by atoms with van der Waals surface area (Å²) in [7, 11) is -3.29. The first-order valence-corrected chi connectivity index (χ1v) is 7.93. The van der Waals surface area contributed by atoms with Gasteiger partial charge >= 0.3 is 0 Å². The lowest BCUT2D eigenvalue weighted by Gasteiger charge is -2.28. The Morgan fingerprint density at radius 1 is 1.33 bits per heavy atom. The van der Waals surface area contributed by atoms with Gasteiger partial charge in [-0.1, -0.05) is 19.4 Å². The molecule has 0 spiro atoms. The van der Waals surface area contributed by atoms with Crippen LogP contribution in [0, 0.1) is 0 Å². The maximum atomic E-state index is 11.6. The fourth-order valence-corrected chi connectivity index (χ4v) is 2.86. The van der Waals surface area contributed by atoms with Crippen molar-refractivity contribution in [1.82, 2.24) is 0 Å². The predicted octanol–water partition coefficient (Wildman–Crippen LogP) is 2.66. The Morgan fingerprint density at radius 2 is 1.94 bits per heavy atom. The van der Waals surface area contributed by atoms with E-state index < -0.39 is 9.84 Å². The number of para-hydroxylation sites is 1. The van der Waals surface area contributed by atoms with Gasteiger partial charge in [-0.15, -0.1) is 0 Å². The molecule has 1 aromatic carbocycles. The van der Waals surface area contributed by atoms with Gasteiger partial charge in [-0.25, -0.2) is 8.42 Å². The highest BCUT2D eigenvalue weighted by atomic mass is 32.2. The summed E-state index contributed by atoms with van der Waals surface area (Å²) in [5.74, 6) is 0. The first kappa shape index (κ1) is 14.8. The SMILES string of the molecule is CCCC(C)(C)Nc1cccc(S(C)(=O)=O)c1N. The van der Waals surface area contributed by atoms with Crippen molar-refractivity contribution in [2.45, 2.75) is 44.0 Å². The second-order valence-corrected chi connectivity index (χ2v) is 7.23. The van der Waals surface area contributed by atoms with Gasteiger partial charge in [0.1, 0.15) is 0 Å². The fourth-order valence-electron chi connectivity index (χ4n) is 2.03. The van der Waals surface area contributed by atoms with E-state index in [-0.39, 0.29) is 10.4 Å². The van der Waals surface area contributed by atoms with Crippen molar-refractivity contribution in [3.63, 3.8) is 0 Å². The normalized spacial score (nSPS) is 12.4. The zero-order valence-corrected chi connectivity index (χ0v) is 12.3. The smallest absolute Gasteiger partial charge is 0.177 e. The minimum absolute atomic E-state index is 0.112. The molecule has 0 unspecified atom stereocenters. The van der Waals surface area contributed by atoms with E-state index in [4.69, 9.17) is 5.73 Å². The van der Waals surface area contributed by atoms with E-state index in [0.29, 0.717) is 11.4 Å². The Hall–Kier alpha value is -1.23. The number of hydrogen-bond donors (Lipinski definition) is 2. The Bertz CT molecular complexity index is 522. The van der Waals surface area contributed by atoms with Crippen LogP contribution in [0.1, 0.15) is 33.6 Å². The molecular weight excluding hydrogens is 248 g/mol. The van der Waals surface area contributed by atoms with E-state index in [1.807, 2.05) is 0 Å². The fraction of sp³-hybridized carbons (Fsp3) is 0.538. The van der Waals surface area contributed by atoms with Crippen molar-refractivity contribution in [3.05, 3.63) is 18.2 Å². The lowest BCUT2D eigenvalue weighted by atomic mass is 9.98. The molecule has 0 bridgehead atoms. The van der Waals surface area contributed by atoms with E-state index in [9.17, 15) is 8.42 Å². The molecule has 3 N–H and O–H groups in total. The predicted molar refractivity (Wildman–Crippen MR) is 76.6 cm³/mol. The van der Waals surface area contributed by atoms with Crippen LogP contribution in [-0.4, -0.2) is 20.2 Å². The van der Waals surface area contributed by atoms with Crippen LogP contribution in [0.2, 0.25) is 0 Å². The maximum absolute atomic E-state index is 11.6. The molecule has 0 aliphatic rings. The molecule has 0 aliphatic heterocycles. The molecule has 1 rings (SSSR count). The van der Waals surface area contributed by atoms with Gasteiger partial charge < -0.3 is 11.1 Å². The largest absolute Gasteiger partial charge is 0.396 e. The second-order valence-electron chi connectivity index (χ2n) is 5.25. The minimum Gasteiger partial charge on any atom is -0.396 e. The highest BCUT2D eigenvalue weighted by molar-refractivity contribution is 7.90. The molecule has 4 nitrogen and oxygen atoms in total. The highest BCUT2D eigenvalue weighted by Gasteiger charge is 2.20. The molecule has 0 fully saturated rings. The first-order chi connectivity index (χ1) is 8.17. The number of anilines is 2. The Balaban J connectivity index is 3.13. The van der Waals surface area contributed by atoms with Gasteiger partial charge in [-0.3, -0.25) is 0 Å². The summed E-state index contributed by atoms with van der Waals surface area (Å²) in [4.78, 5) is 0.180. The topological polar surface area (TPSA) is 72.2 Å². The molecule has 0 saturated carbocycles. The molecule has 0 atom stereocenters. The van der Waals surface area contributed by atoms with E-state index in [2.05, 4.69) is 26.1 Å². The molecule has 0 radical (unpaired) electrons. The second kappa shape index (κ2) is 5.18. The van der Waals surface area contributed by atoms with Gasteiger partial charge in [-0.05, 0) is 32.4 Å². The van der Waals surface area contributed by atoms with Crippen LogP contribution in [0.3, 0.4) is 0 Å². The van der Waals surface area contributed by atoms with Crippen molar-refractivity contribution < 1.29 is 8.42 Å². The van der Waals surface area contributed by atoms with Gasteiger partial charge in [0.25, 0.3) is 0 Å². The minimum atomic E-state index is -3.29. The molecule has 0 saturated heterocycles. The average molecular weight is 270 g/mol. The van der Waals surface area contributed by atoms with Crippen molar-refractivity contribution in [2.75, 3.05) is 17.3 Å². The first-order valence-electron chi connectivity index (χ1n) is 6.04. The summed E-state index contributed by atoms with van der Waals surface area (Å²) in [6.45, 7) is 6.26. The number of nitrogens with one attached hydrogen (secondary N) is 1. The Morgan fingerprint density at radius 3 is 2.44 bits per heavy atom. The van der Waals surface area contributed by atoms with Crippen LogP contribution in [0.4, 0.5) is 11.4 Å². The average Bonchev–Trinajstić information content (AvgIpc) is 2.18. The van der Waals surface area contributed by atoms with Crippen LogP contribution in [0.25, 0.3) is 0 Å². The van der Waals surface area contributed by atoms with Gasteiger partial charge in [0.2, 0.25) is 0 Å². The molecule has 5 heteroatoms. The van der Waals surface area contributed by atoms with Gasteiger partial charge in [-0.2, -0.15) is 0 Å². The van der Waals surface area contributed by atoms with Crippen LogP contribution in [-0.2, 0) is 9.84 Å². The summed E-state index contributed by atoms with van der Waals surface area (Å²) in [5.41, 5.74) is 6.79. The Kier molecular flexibility index (Phi) is 4.27. The standard InChI is InChI=1S/C13H22N2O2S/c1-5-9-13(2,3)15-10-7-6-8-11(12(10)14)18(4,16)17/h6-8,15H,5,9,14H2,1-4H3. The number of benzene rings is 1. The van der Waals surface area contributed by atoms with E-state index >= 15 is 0 Å². The number of nitrogen functional groups attached to an aromatic ring is 1. The van der Waals surface area contributed by atoms with Gasteiger partial charge in [0, 0.05) is 11.8 Å². The van der Waals surface area contributed by atoms with Crippen LogP contribution in [0.5, 0.6) is 0 Å². The lowest BCUT2D eigenvalue weighted by molar-refractivity contribution is 0.511. The van der Waals surface area contributed by atoms with Crippen LogP contribution >= 0.6 is 0 Å².